The Morgan fingerprint density at radius 2 is 2.20 bits per heavy atom. The Hall–Kier alpha value is -2.60. The normalized spacial score (nSPS) is 16.6. The van der Waals surface area contributed by atoms with Crippen LogP contribution in [0.4, 0.5) is 5.82 Å². The number of fused-ring (bicyclic) bond motifs is 1. The van der Waals surface area contributed by atoms with Crippen LogP contribution in [0.3, 0.4) is 0 Å². The van der Waals surface area contributed by atoms with Crippen molar-refractivity contribution in [2.75, 3.05) is 5.32 Å². The molecule has 128 valence electrons. The third-order valence-electron chi connectivity index (χ3n) is 4.54. The molecule has 3 heterocycles. The highest BCUT2D eigenvalue weighted by Gasteiger charge is 2.31. The third-order valence-corrected chi connectivity index (χ3v) is 4.91. The van der Waals surface area contributed by atoms with E-state index < -0.39 is 0 Å². The Kier molecular flexibility index (Phi) is 4.05. The fourth-order valence-electron chi connectivity index (χ4n) is 3.17. The lowest BCUT2D eigenvalue weighted by molar-refractivity contribution is -0.116. The van der Waals surface area contributed by atoms with Gasteiger partial charge in [-0.3, -0.25) is 4.79 Å². The maximum Gasteiger partial charge on any atom is 0.226 e. The lowest BCUT2D eigenvalue weighted by Crippen LogP contribution is -2.25. The van der Waals surface area contributed by atoms with Gasteiger partial charge in [-0.2, -0.15) is 5.10 Å². The second-order valence-corrected chi connectivity index (χ2v) is 6.54. The largest absolute Gasteiger partial charge is 0.337 e. The summed E-state index contributed by atoms with van der Waals surface area (Å²) in [6.07, 6.45) is 6.00. The zero-order valence-corrected chi connectivity index (χ0v) is 14.6. The molecule has 0 spiro atoms. The van der Waals surface area contributed by atoms with E-state index in [0.717, 1.165) is 29.2 Å². The predicted octanol–water partition coefficient (Wildman–Crippen LogP) is 3.28. The van der Waals surface area contributed by atoms with Crippen LogP contribution >= 0.6 is 11.6 Å². The quantitative estimate of drug-likeness (QED) is 0.781. The first-order chi connectivity index (χ1) is 12.2. The molecule has 1 aliphatic rings. The van der Waals surface area contributed by atoms with E-state index >= 15 is 0 Å². The molecule has 6 nitrogen and oxygen atoms in total. The smallest absolute Gasteiger partial charge is 0.226 e. The van der Waals surface area contributed by atoms with Crippen molar-refractivity contribution >= 4 is 23.3 Å². The van der Waals surface area contributed by atoms with E-state index in [1.54, 1.807) is 11.0 Å². The van der Waals surface area contributed by atoms with Crippen LogP contribution in [-0.2, 0) is 17.9 Å². The van der Waals surface area contributed by atoms with Crippen molar-refractivity contribution in [3.63, 3.8) is 0 Å². The van der Waals surface area contributed by atoms with Crippen molar-refractivity contribution in [2.24, 2.45) is 0 Å². The van der Waals surface area contributed by atoms with E-state index in [2.05, 4.69) is 22.3 Å². The maximum absolute atomic E-state index is 12.2. The minimum atomic E-state index is -0.0726. The van der Waals surface area contributed by atoms with E-state index in [4.69, 9.17) is 11.6 Å². The number of anilines is 1. The molecule has 1 atom stereocenters. The molecule has 1 aromatic carbocycles. The molecule has 0 saturated carbocycles. The summed E-state index contributed by atoms with van der Waals surface area (Å²) in [5.74, 6) is 0.633. The molecular weight excluding hydrogens is 338 g/mol. The van der Waals surface area contributed by atoms with Crippen LogP contribution in [0.5, 0.6) is 0 Å². The van der Waals surface area contributed by atoms with Gasteiger partial charge in [-0.1, -0.05) is 29.8 Å². The molecule has 1 unspecified atom stereocenters. The van der Waals surface area contributed by atoms with E-state index in [0.29, 0.717) is 18.0 Å². The molecule has 1 N–H and O–H groups in total. The Morgan fingerprint density at radius 3 is 2.96 bits per heavy atom. The maximum atomic E-state index is 12.2. The van der Waals surface area contributed by atoms with Crippen molar-refractivity contribution in [3.05, 3.63) is 64.8 Å². The molecule has 1 aliphatic heterocycles. The molecule has 3 aromatic rings. The molecule has 4 rings (SSSR count). The monoisotopic (exact) mass is 355 g/mol. The van der Waals surface area contributed by atoms with Gasteiger partial charge >= 0.3 is 0 Å². The first-order valence-electron chi connectivity index (χ1n) is 8.26. The first kappa shape index (κ1) is 15.9. The lowest BCUT2D eigenvalue weighted by atomic mass is 9.91. The number of imidazole rings is 1. The number of hydrogen-bond acceptors (Lipinski definition) is 3. The third kappa shape index (κ3) is 2.93. The van der Waals surface area contributed by atoms with Crippen molar-refractivity contribution in [3.8, 4) is 0 Å². The summed E-state index contributed by atoms with van der Waals surface area (Å²) < 4.78 is 3.80. The van der Waals surface area contributed by atoms with Gasteiger partial charge in [0.1, 0.15) is 5.82 Å². The van der Waals surface area contributed by atoms with Crippen LogP contribution < -0.4 is 5.32 Å². The summed E-state index contributed by atoms with van der Waals surface area (Å²) in [6.45, 7) is 3.42. The minimum Gasteiger partial charge on any atom is -0.337 e. The summed E-state index contributed by atoms with van der Waals surface area (Å²) in [7, 11) is 0. The van der Waals surface area contributed by atoms with Gasteiger partial charge in [0.05, 0.1) is 24.8 Å². The summed E-state index contributed by atoms with van der Waals surface area (Å²) in [6, 6.07) is 7.65. The van der Waals surface area contributed by atoms with E-state index in [1.807, 2.05) is 41.2 Å². The van der Waals surface area contributed by atoms with Crippen LogP contribution in [0.15, 0.2) is 43.0 Å². The van der Waals surface area contributed by atoms with Crippen LogP contribution in [0.25, 0.3) is 0 Å². The van der Waals surface area contributed by atoms with Crippen molar-refractivity contribution < 1.29 is 4.79 Å². The summed E-state index contributed by atoms with van der Waals surface area (Å²) >= 11 is 6.26. The van der Waals surface area contributed by atoms with Gasteiger partial charge in [-0.15, -0.1) is 0 Å². The van der Waals surface area contributed by atoms with Crippen LogP contribution in [0, 0.1) is 0 Å². The lowest BCUT2D eigenvalue weighted by Gasteiger charge is -2.22. The SMILES string of the molecule is CCn1cnc(C2CC(=O)Nc3c2cnn3Cc2ccccc2Cl)c1. The number of halogens is 1. The van der Waals surface area contributed by atoms with Gasteiger partial charge in [-0.05, 0) is 18.6 Å². The van der Waals surface area contributed by atoms with Gasteiger partial charge in [0.15, 0.2) is 0 Å². The predicted molar refractivity (Wildman–Crippen MR) is 95.8 cm³/mol. The summed E-state index contributed by atoms with van der Waals surface area (Å²) in [5.41, 5.74) is 2.85. The number of benzene rings is 1. The second-order valence-electron chi connectivity index (χ2n) is 6.13. The van der Waals surface area contributed by atoms with Gasteiger partial charge in [0, 0.05) is 35.7 Å². The number of aromatic nitrogens is 4. The minimum absolute atomic E-state index is 0.0237. The Bertz CT molecular complexity index is 929. The fourth-order valence-corrected chi connectivity index (χ4v) is 3.37. The van der Waals surface area contributed by atoms with Crippen LogP contribution in [0.2, 0.25) is 5.02 Å². The van der Waals surface area contributed by atoms with Gasteiger partial charge in [0.25, 0.3) is 0 Å². The second kappa shape index (κ2) is 6.37. The van der Waals surface area contributed by atoms with E-state index in [9.17, 15) is 4.79 Å². The highest BCUT2D eigenvalue weighted by molar-refractivity contribution is 6.31. The molecule has 7 heteroatoms. The number of amides is 1. The number of rotatable bonds is 4. The average molecular weight is 356 g/mol. The molecule has 25 heavy (non-hydrogen) atoms. The topological polar surface area (TPSA) is 64.7 Å². The standard InChI is InChI=1S/C18H18ClN5O/c1-2-23-10-16(20-11-23)13-7-17(25)22-18-14(13)8-21-24(18)9-12-5-3-4-6-15(12)19/h3-6,8,10-11,13H,2,7,9H2,1H3,(H,22,25). The van der Waals surface area contributed by atoms with Gasteiger partial charge in [0.2, 0.25) is 5.91 Å². The number of carbonyl (C=O) groups excluding carboxylic acids is 1. The molecule has 2 aromatic heterocycles. The number of carbonyl (C=O) groups is 1. The van der Waals surface area contributed by atoms with Gasteiger partial charge < -0.3 is 9.88 Å². The first-order valence-corrected chi connectivity index (χ1v) is 8.64. The number of hydrogen-bond donors (Lipinski definition) is 1. The number of nitrogens with one attached hydrogen (secondary N) is 1. The zero-order valence-electron chi connectivity index (χ0n) is 13.8. The van der Waals surface area contributed by atoms with Crippen molar-refractivity contribution in [1.82, 2.24) is 19.3 Å². The van der Waals surface area contributed by atoms with Crippen LogP contribution in [0.1, 0.15) is 36.1 Å². The number of nitrogens with zero attached hydrogens (tertiary/aromatic N) is 4. The van der Waals surface area contributed by atoms with E-state index in [1.165, 1.54) is 0 Å². The zero-order chi connectivity index (χ0) is 17.4. The molecule has 0 bridgehead atoms. The number of aryl methyl sites for hydroxylation is 1. The molecule has 0 radical (unpaired) electrons. The average Bonchev–Trinajstić information content (AvgIpc) is 3.24. The van der Waals surface area contributed by atoms with Crippen molar-refractivity contribution in [2.45, 2.75) is 32.4 Å². The Balaban J connectivity index is 1.70. The Labute approximate surface area is 150 Å². The molecule has 0 saturated heterocycles. The molecule has 0 aliphatic carbocycles. The fraction of sp³-hybridized carbons (Fsp3) is 0.278. The molecular formula is C18H18ClN5O. The highest BCUT2D eigenvalue weighted by Crippen LogP contribution is 2.36. The Morgan fingerprint density at radius 1 is 1.36 bits per heavy atom. The highest BCUT2D eigenvalue weighted by atomic mass is 35.5. The molecule has 0 fully saturated rings. The summed E-state index contributed by atoms with van der Waals surface area (Å²) in [4.78, 5) is 16.7. The van der Waals surface area contributed by atoms with Gasteiger partial charge in [-0.25, -0.2) is 9.67 Å². The van der Waals surface area contributed by atoms with E-state index in [-0.39, 0.29) is 11.8 Å². The van der Waals surface area contributed by atoms with Crippen LogP contribution in [-0.4, -0.2) is 25.2 Å². The summed E-state index contributed by atoms with van der Waals surface area (Å²) in [5, 5.41) is 8.12. The molecule has 1 amide bonds. The van der Waals surface area contributed by atoms with Crippen molar-refractivity contribution in [1.29, 1.82) is 0 Å².